The number of rotatable bonds is 8. The molecule has 6 heteroatoms. The molecule has 1 aromatic rings. The Labute approximate surface area is 108 Å². The van der Waals surface area contributed by atoms with E-state index in [1.54, 1.807) is 0 Å². The van der Waals surface area contributed by atoms with Crippen LogP contribution in [-0.2, 0) is 10.1 Å². The molecule has 0 aromatic heterocycles. The van der Waals surface area contributed by atoms with Crippen LogP contribution in [0.25, 0.3) is 0 Å². The van der Waals surface area contributed by atoms with E-state index < -0.39 is 10.1 Å². The van der Waals surface area contributed by atoms with Crippen LogP contribution < -0.4 is 10.1 Å². The van der Waals surface area contributed by atoms with Crippen molar-refractivity contribution in [3.8, 4) is 5.75 Å². The van der Waals surface area contributed by atoms with Crippen molar-refractivity contribution in [2.45, 2.75) is 19.8 Å². The standard InChI is InChI=1S/C12H19NO4S/c1-2-8-17-12-6-3-5-11(10-12)13-7-4-9-18(14,15)16/h3,5-6,10,13H,2,4,7-9H2,1H3,(H,14,15,16). The van der Waals surface area contributed by atoms with Crippen LogP contribution in [0, 0.1) is 0 Å². The Balaban J connectivity index is 2.38. The van der Waals surface area contributed by atoms with Crippen LogP contribution in [0.15, 0.2) is 24.3 Å². The second kappa shape index (κ2) is 7.23. The van der Waals surface area contributed by atoms with Crippen LogP contribution in [0.5, 0.6) is 5.75 Å². The fraction of sp³-hybridized carbons (Fsp3) is 0.500. The predicted octanol–water partition coefficient (Wildman–Crippen LogP) is 2.17. The smallest absolute Gasteiger partial charge is 0.264 e. The van der Waals surface area contributed by atoms with Crippen molar-refractivity contribution in [3.05, 3.63) is 24.3 Å². The van der Waals surface area contributed by atoms with Gasteiger partial charge in [0.25, 0.3) is 10.1 Å². The summed E-state index contributed by atoms with van der Waals surface area (Å²) in [7, 11) is -3.86. The minimum Gasteiger partial charge on any atom is -0.494 e. The summed E-state index contributed by atoms with van der Waals surface area (Å²) in [6.45, 7) is 3.20. The van der Waals surface area contributed by atoms with E-state index in [1.807, 2.05) is 31.2 Å². The molecule has 102 valence electrons. The van der Waals surface area contributed by atoms with E-state index in [4.69, 9.17) is 9.29 Å². The third-order valence-corrected chi connectivity index (χ3v) is 3.02. The quantitative estimate of drug-likeness (QED) is 0.561. The maximum Gasteiger partial charge on any atom is 0.264 e. The lowest BCUT2D eigenvalue weighted by molar-refractivity contribution is 0.317. The van der Waals surface area contributed by atoms with E-state index in [1.165, 1.54) is 0 Å². The van der Waals surface area contributed by atoms with Gasteiger partial charge >= 0.3 is 0 Å². The van der Waals surface area contributed by atoms with E-state index in [9.17, 15) is 8.42 Å². The van der Waals surface area contributed by atoms with Crippen LogP contribution in [0.3, 0.4) is 0 Å². The van der Waals surface area contributed by atoms with Crippen molar-refractivity contribution in [1.29, 1.82) is 0 Å². The summed E-state index contributed by atoms with van der Waals surface area (Å²) in [6, 6.07) is 7.49. The van der Waals surface area contributed by atoms with Crippen LogP contribution >= 0.6 is 0 Å². The van der Waals surface area contributed by atoms with E-state index >= 15 is 0 Å². The van der Waals surface area contributed by atoms with Gasteiger partial charge < -0.3 is 10.1 Å². The monoisotopic (exact) mass is 273 g/mol. The zero-order valence-electron chi connectivity index (χ0n) is 10.4. The van der Waals surface area contributed by atoms with Crippen molar-refractivity contribution in [3.63, 3.8) is 0 Å². The van der Waals surface area contributed by atoms with E-state index in [-0.39, 0.29) is 5.75 Å². The molecule has 0 unspecified atom stereocenters. The molecule has 18 heavy (non-hydrogen) atoms. The fourth-order valence-corrected chi connectivity index (χ4v) is 1.91. The molecule has 0 aliphatic carbocycles. The minimum atomic E-state index is -3.86. The Hall–Kier alpha value is -1.27. The van der Waals surface area contributed by atoms with E-state index in [0.29, 0.717) is 19.6 Å². The van der Waals surface area contributed by atoms with Crippen LogP contribution in [0.2, 0.25) is 0 Å². The van der Waals surface area contributed by atoms with Crippen molar-refractivity contribution in [1.82, 2.24) is 0 Å². The molecule has 0 saturated carbocycles. The van der Waals surface area contributed by atoms with Gasteiger partial charge in [0.2, 0.25) is 0 Å². The summed E-state index contributed by atoms with van der Waals surface area (Å²) in [5.74, 6) is 0.558. The highest BCUT2D eigenvalue weighted by Crippen LogP contribution is 2.17. The second-order valence-corrected chi connectivity index (χ2v) is 5.51. The third-order valence-electron chi connectivity index (χ3n) is 2.22. The lowest BCUT2D eigenvalue weighted by Gasteiger charge is -2.09. The molecule has 2 N–H and O–H groups in total. The minimum absolute atomic E-state index is 0.230. The van der Waals surface area contributed by atoms with E-state index in [0.717, 1.165) is 17.9 Å². The third kappa shape index (κ3) is 6.46. The first-order valence-corrected chi connectivity index (χ1v) is 7.54. The normalized spacial score (nSPS) is 11.2. The number of ether oxygens (including phenoxy) is 1. The van der Waals surface area contributed by atoms with Gasteiger partial charge in [0, 0.05) is 18.3 Å². The van der Waals surface area contributed by atoms with Crippen LogP contribution in [0.1, 0.15) is 19.8 Å². The first-order chi connectivity index (χ1) is 8.51. The highest BCUT2D eigenvalue weighted by atomic mass is 32.2. The molecule has 0 fully saturated rings. The molecule has 0 spiro atoms. The molecule has 0 aliphatic rings. The summed E-state index contributed by atoms with van der Waals surface area (Å²) in [5.41, 5.74) is 0.874. The van der Waals surface area contributed by atoms with Gasteiger partial charge in [0.15, 0.2) is 0 Å². The van der Waals surface area contributed by atoms with Crippen molar-refractivity contribution >= 4 is 15.8 Å². The SMILES string of the molecule is CCCOc1cccc(NCCCS(=O)(=O)O)c1. The number of nitrogens with one attached hydrogen (secondary N) is 1. The molecular weight excluding hydrogens is 254 g/mol. The topological polar surface area (TPSA) is 75.6 Å². The van der Waals surface area contributed by atoms with Gasteiger partial charge in [-0.2, -0.15) is 8.42 Å². The van der Waals surface area contributed by atoms with Gasteiger partial charge in [-0.05, 0) is 25.0 Å². The average Bonchev–Trinajstić information content (AvgIpc) is 2.31. The first kappa shape index (κ1) is 14.8. The lowest BCUT2D eigenvalue weighted by Crippen LogP contribution is -2.10. The van der Waals surface area contributed by atoms with Crippen molar-refractivity contribution in [2.24, 2.45) is 0 Å². The Kier molecular flexibility index (Phi) is 5.94. The molecule has 0 heterocycles. The maximum atomic E-state index is 10.5. The molecule has 1 rings (SSSR count). The number of anilines is 1. The van der Waals surface area contributed by atoms with Crippen molar-refractivity contribution < 1.29 is 17.7 Å². The highest BCUT2D eigenvalue weighted by Gasteiger charge is 2.03. The van der Waals surface area contributed by atoms with E-state index in [2.05, 4.69) is 5.32 Å². The molecule has 5 nitrogen and oxygen atoms in total. The maximum absolute atomic E-state index is 10.5. The van der Waals surface area contributed by atoms with Crippen LogP contribution in [-0.4, -0.2) is 31.9 Å². The summed E-state index contributed by atoms with van der Waals surface area (Å²) in [6.07, 6.45) is 1.31. The van der Waals surface area contributed by atoms with Crippen molar-refractivity contribution in [2.75, 3.05) is 24.2 Å². The summed E-state index contributed by atoms with van der Waals surface area (Å²) in [4.78, 5) is 0. The predicted molar refractivity (Wildman–Crippen MR) is 71.8 cm³/mol. The number of hydrogen-bond acceptors (Lipinski definition) is 4. The Morgan fingerprint density at radius 1 is 1.39 bits per heavy atom. The van der Waals surface area contributed by atoms with Gasteiger partial charge in [0.1, 0.15) is 5.75 Å². The Morgan fingerprint density at radius 3 is 2.83 bits per heavy atom. The second-order valence-electron chi connectivity index (χ2n) is 3.94. The summed E-state index contributed by atoms with van der Waals surface area (Å²) in [5, 5.41) is 3.08. The number of hydrogen-bond donors (Lipinski definition) is 2. The molecule has 0 saturated heterocycles. The first-order valence-electron chi connectivity index (χ1n) is 5.93. The van der Waals surface area contributed by atoms with Gasteiger partial charge in [-0.25, -0.2) is 0 Å². The summed E-state index contributed by atoms with van der Waals surface area (Å²) < 4.78 is 35.1. The molecule has 0 aliphatic heterocycles. The molecular formula is C12H19NO4S. The average molecular weight is 273 g/mol. The largest absolute Gasteiger partial charge is 0.494 e. The fourth-order valence-electron chi connectivity index (χ4n) is 1.40. The highest BCUT2D eigenvalue weighted by molar-refractivity contribution is 7.85. The zero-order chi connectivity index (χ0) is 13.4. The molecule has 0 amide bonds. The number of benzene rings is 1. The van der Waals surface area contributed by atoms with Gasteiger partial charge in [-0.3, -0.25) is 4.55 Å². The Morgan fingerprint density at radius 2 is 2.17 bits per heavy atom. The molecule has 1 aromatic carbocycles. The Bertz CT molecular complexity index is 459. The molecule has 0 radical (unpaired) electrons. The molecule has 0 bridgehead atoms. The van der Waals surface area contributed by atoms with Gasteiger partial charge in [0.05, 0.1) is 12.4 Å². The summed E-state index contributed by atoms with van der Waals surface area (Å²) >= 11 is 0. The zero-order valence-corrected chi connectivity index (χ0v) is 11.2. The van der Waals surface area contributed by atoms with Gasteiger partial charge in [-0.1, -0.05) is 13.0 Å². The van der Waals surface area contributed by atoms with Gasteiger partial charge in [-0.15, -0.1) is 0 Å². The lowest BCUT2D eigenvalue weighted by atomic mass is 10.3. The molecule has 0 atom stereocenters. The van der Waals surface area contributed by atoms with Crippen LogP contribution in [0.4, 0.5) is 5.69 Å².